The van der Waals surface area contributed by atoms with Crippen LogP contribution in [0.1, 0.15) is 28.7 Å². The van der Waals surface area contributed by atoms with Crippen molar-refractivity contribution < 1.29 is 71.9 Å². The summed E-state index contributed by atoms with van der Waals surface area (Å²) in [6, 6.07) is -0.688. The van der Waals surface area contributed by atoms with Gasteiger partial charge in [-0.05, 0) is 18.6 Å². The fourth-order valence-electron chi connectivity index (χ4n) is 1.04. The molecule has 1 unspecified atom stereocenters. The Labute approximate surface area is 139 Å². The van der Waals surface area contributed by atoms with E-state index in [0.717, 1.165) is 6.42 Å². The van der Waals surface area contributed by atoms with E-state index in [1.165, 1.54) is 4.68 Å². The Morgan fingerprint density at radius 2 is 2.33 bits per heavy atom. The number of hydrogen-bond donors (Lipinski definition) is 2. The number of carboxylic acid groups (broad SMARTS) is 1. The summed E-state index contributed by atoms with van der Waals surface area (Å²) in [5, 5.41) is 18.2. The van der Waals surface area contributed by atoms with Gasteiger partial charge in [0.2, 0.25) is 4.77 Å². The van der Waals surface area contributed by atoms with Gasteiger partial charge in [0.1, 0.15) is 0 Å². The van der Waals surface area contributed by atoms with E-state index in [0.29, 0.717) is 6.42 Å². The zero-order valence-corrected chi connectivity index (χ0v) is 13.9. The summed E-state index contributed by atoms with van der Waals surface area (Å²) >= 11 is 4.79. The van der Waals surface area contributed by atoms with Crippen LogP contribution in [0.25, 0.3) is 0 Å². The summed E-state index contributed by atoms with van der Waals surface area (Å²) in [4.78, 5) is 10.8. The molecule has 0 aliphatic carbocycles. The molecule has 0 aliphatic rings. The van der Waals surface area contributed by atoms with Crippen LogP contribution in [0.5, 0.6) is 0 Å². The van der Waals surface area contributed by atoms with E-state index < -0.39 is 12.0 Å². The third kappa shape index (κ3) is 5.08. The summed E-state index contributed by atoms with van der Waals surface area (Å²) in [5.41, 5.74) is 0. The minimum atomic E-state index is -0.927. The number of hydrogen-bond acceptors (Lipinski definition) is 4. The number of nitrogens with one attached hydrogen (secondary N) is 1. The van der Waals surface area contributed by atoms with Gasteiger partial charge in [-0.25, -0.2) is 9.48 Å². The van der Waals surface area contributed by atoms with Crippen LogP contribution >= 0.6 is 12.2 Å². The van der Waals surface area contributed by atoms with Crippen molar-refractivity contribution >= 4 is 18.2 Å². The molecular formula is C6H12N4Na2O2S. The zero-order chi connectivity index (χ0) is 9.84. The van der Waals surface area contributed by atoms with Crippen molar-refractivity contribution in [2.45, 2.75) is 25.8 Å². The molecule has 0 aliphatic heterocycles. The molecule has 1 rings (SSSR count). The van der Waals surface area contributed by atoms with Crippen LogP contribution in [0.3, 0.4) is 0 Å². The molecule has 1 aromatic rings. The minimum absolute atomic E-state index is 0. The third-order valence-corrected chi connectivity index (χ3v) is 1.93. The molecule has 0 bridgehead atoms. The Hall–Kier alpha value is 0.760. The molecule has 0 saturated heterocycles. The molecule has 0 saturated carbocycles. The summed E-state index contributed by atoms with van der Waals surface area (Å²) in [6.07, 6.45) is 1.27. The van der Waals surface area contributed by atoms with Gasteiger partial charge in [-0.2, -0.15) is 5.21 Å². The normalized spacial score (nSPS) is 11.0. The van der Waals surface area contributed by atoms with Crippen molar-refractivity contribution in [3.8, 4) is 0 Å². The number of nitrogens with zero attached hydrogens (tertiary/aromatic N) is 3. The van der Waals surface area contributed by atoms with Gasteiger partial charge in [0.15, 0.2) is 6.04 Å². The largest absolute Gasteiger partial charge is 1.00 e. The first-order valence-electron chi connectivity index (χ1n) is 3.89. The Balaban J connectivity index is -0.000000211. The Bertz CT molecular complexity index is 362. The Morgan fingerprint density at radius 1 is 1.73 bits per heavy atom. The van der Waals surface area contributed by atoms with Crippen molar-refractivity contribution in [2.75, 3.05) is 0 Å². The molecule has 1 aromatic heterocycles. The smallest absolute Gasteiger partial charge is 1.00 e. The van der Waals surface area contributed by atoms with Gasteiger partial charge in [0.25, 0.3) is 0 Å². The van der Waals surface area contributed by atoms with Gasteiger partial charge in [-0.15, -0.1) is 0 Å². The molecule has 1 heterocycles. The molecule has 0 fully saturated rings. The number of tetrazole rings is 1. The van der Waals surface area contributed by atoms with Gasteiger partial charge in [0, 0.05) is 0 Å². The number of H-pyrrole nitrogens is 1. The van der Waals surface area contributed by atoms with Crippen LogP contribution in [-0.2, 0) is 4.79 Å². The van der Waals surface area contributed by atoms with E-state index in [9.17, 15) is 4.79 Å². The second kappa shape index (κ2) is 8.86. The second-order valence-corrected chi connectivity index (χ2v) is 2.96. The SMILES string of the molecule is CCCC(C(=O)O)n1[nH]nnc1=S.[H-].[H-].[Na+].[Na+]. The molecule has 0 amide bonds. The minimum Gasteiger partial charge on any atom is -1.00 e. The fraction of sp³-hybridized carbons (Fsp3) is 0.667. The predicted molar refractivity (Wildman–Crippen MR) is 49.0 cm³/mol. The number of aliphatic carboxylic acids is 1. The molecule has 9 heteroatoms. The third-order valence-electron chi connectivity index (χ3n) is 1.65. The maximum Gasteiger partial charge on any atom is 1.00 e. The van der Waals surface area contributed by atoms with Crippen LogP contribution in [0, 0.1) is 4.77 Å². The number of aromatic nitrogens is 4. The number of carboxylic acids is 1. The van der Waals surface area contributed by atoms with Crippen molar-refractivity contribution in [1.29, 1.82) is 0 Å². The topological polar surface area (TPSA) is 83.8 Å². The summed E-state index contributed by atoms with van der Waals surface area (Å²) in [5.74, 6) is -0.927. The molecular weight excluding hydrogens is 238 g/mol. The van der Waals surface area contributed by atoms with Gasteiger partial charge in [0.05, 0.1) is 0 Å². The van der Waals surface area contributed by atoms with Crippen molar-refractivity contribution in [3.63, 3.8) is 0 Å². The number of rotatable bonds is 4. The van der Waals surface area contributed by atoms with E-state index in [-0.39, 0.29) is 66.7 Å². The predicted octanol–water partition coefficient (Wildman–Crippen LogP) is -5.01. The second-order valence-electron chi connectivity index (χ2n) is 2.60. The average molecular weight is 250 g/mol. The van der Waals surface area contributed by atoms with Gasteiger partial charge >= 0.3 is 65.1 Å². The molecule has 6 nitrogen and oxygen atoms in total. The van der Waals surface area contributed by atoms with Crippen LogP contribution in [0.15, 0.2) is 0 Å². The first-order valence-corrected chi connectivity index (χ1v) is 4.30. The fourth-order valence-corrected chi connectivity index (χ4v) is 1.25. The standard InChI is InChI=1S/C6H10N4O2S.2Na.2H/c1-2-3-4(5(11)12)10-6(13)7-8-9-10;;;;/h4H,2-3H2,1H3,(H,11,12)(H,7,9,13);;;;/q;2*+1;2*-1. The van der Waals surface area contributed by atoms with Gasteiger partial charge in [-0.1, -0.05) is 23.7 Å². The van der Waals surface area contributed by atoms with Crippen molar-refractivity contribution in [1.82, 2.24) is 20.2 Å². The van der Waals surface area contributed by atoms with Crippen LogP contribution in [0.4, 0.5) is 0 Å². The van der Waals surface area contributed by atoms with Crippen molar-refractivity contribution in [2.24, 2.45) is 0 Å². The van der Waals surface area contributed by atoms with Gasteiger partial charge in [-0.3, -0.25) is 0 Å². The van der Waals surface area contributed by atoms with Gasteiger partial charge < -0.3 is 7.96 Å². The van der Waals surface area contributed by atoms with E-state index in [4.69, 9.17) is 17.3 Å². The molecule has 0 radical (unpaired) electrons. The summed E-state index contributed by atoms with van der Waals surface area (Å²) in [7, 11) is 0. The summed E-state index contributed by atoms with van der Waals surface area (Å²) in [6.45, 7) is 1.91. The van der Waals surface area contributed by atoms with Crippen LogP contribution in [-0.4, -0.2) is 31.3 Å². The number of carbonyl (C=O) groups is 1. The van der Waals surface area contributed by atoms with E-state index in [2.05, 4.69) is 15.5 Å². The molecule has 1 atom stereocenters. The van der Waals surface area contributed by atoms with Crippen LogP contribution < -0.4 is 59.1 Å². The monoisotopic (exact) mass is 250 g/mol. The number of aromatic amines is 1. The first kappa shape index (κ1) is 18.1. The van der Waals surface area contributed by atoms with E-state index in [1.807, 2.05) is 6.92 Å². The summed E-state index contributed by atoms with van der Waals surface area (Å²) < 4.78 is 1.45. The molecule has 2 N–H and O–H groups in total. The van der Waals surface area contributed by atoms with Crippen molar-refractivity contribution in [3.05, 3.63) is 4.77 Å². The first-order chi connectivity index (χ1) is 6.16. The van der Waals surface area contributed by atoms with Crippen LogP contribution in [0.2, 0.25) is 0 Å². The van der Waals surface area contributed by atoms with E-state index in [1.54, 1.807) is 0 Å². The Morgan fingerprint density at radius 3 is 2.67 bits per heavy atom. The maximum atomic E-state index is 10.8. The Kier molecular flexibility index (Phi) is 10.7. The molecule has 76 valence electrons. The quantitative estimate of drug-likeness (QED) is 0.413. The maximum absolute atomic E-state index is 10.8. The zero-order valence-electron chi connectivity index (χ0n) is 11.1. The average Bonchev–Trinajstić information content (AvgIpc) is 2.47. The molecule has 0 spiro atoms. The molecule has 0 aromatic carbocycles. The van der Waals surface area contributed by atoms with E-state index >= 15 is 0 Å². The molecule has 15 heavy (non-hydrogen) atoms.